The van der Waals surface area contributed by atoms with Gasteiger partial charge in [-0.05, 0) is 24.7 Å². The van der Waals surface area contributed by atoms with Gasteiger partial charge in [0.25, 0.3) is 0 Å². The average molecular weight is 208 g/mol. The van der Waals surface area contributed by atoms with Crippen LogP contribution in [-0.2, 0) is 4.79 Å². The van der Waals surface area contributed by atoms with Gasteiger partial charge in [0.2, 0.25) is 0 Å². The molecule has 1 heteroatoms. The van der Waals surface area contributed by atoms with Gasteiger partial charge < -0.3 is 0 Å². The summed E-state index contributed by atoms with van der Waals surface area (Å²) in [6.45, 7) is 2.25. The number of ketones is 1. The van der Waals surface area contributed by atoms with Crippen molar-refractivity contribution >= 4 is 5.78 Å². The Labute approximate surface area is 93.6 Å². The summed E-state index contributed by atoms with van der Waals surface area (Å²) in [6, 6.07) is 0. The van der Waals surface area contributed by atoms with Crippen LogP contribution in [0.3, 0.4) is 0 Å². The molecule has 0 amide bonds. The molecule has 2 saturated carbocycles. The molecule has 0 aliphatic heterocycles. The molecule has 0 aromatic rings. The average Bonchev–Trinajstić information content (AvgIpc) is 2.94. The molecule has 1 nitrogen and oxygen atoms in total. The molecule has 0 saturated heterocycles. The van der Waals surface area contributed by atoms with Crippen molar-refractivity contribution in [3.63, 3.8) is 0 Å². The molecule has 2 aliphatic carbocycles. The molecular formula is C14H24O. The molecule has 0 aromatic carbocycles. The molecule has 2 rings (SSSR count). The molecule has 0 aromatic heterocycles. The minimum Gasteiger partial charge on any atom is -0.299 e. The van der Waals surface area contributed by atoms with E-state index in [0.717, 1.165) is 12.3 Å². The lowest BCUT2D eigenvalue weighted by atomic mass is 9.93. The third-order valence-corrected chi connectivity index (χ3v) is 4.16. The van der Waals surface area contributed by atoms with Crippen LogP contribution in [0.15, 0.2) is 0 Å². The number of rotatable bonds is 0. The van der Waals surface area contributed by atoms with Crippen LogP contribution in [0.1, 0.15) is 64.7 Å². The van der Waals surface area contributed by atoms with Crippen molar-refractivity contribution in [2.45, 2.75) is 64.7 Å². The molecule has 0 heterocycles. The molecule has 15 heavy (non-hydrogen) atoms. The first-order valence-electron chi connectivity index (χ1n) is 6.80. The first-order chi connectivity index (χ1) is 7.27. The maximum Gasteiger partial charge on any atom is 0.136 e. The molecule has 0 bridgehead atoms. The minimum atomic E-state index is 0.479. The third kappa shape index (κ3) is 3.32. The predicted octanol–water partition coefficient (Wildman–Crippen LogP) is 3.96. The lowest BCUT2D eigenvalue weighted by Gasteiger charge is -2.11. The Bertz CT molecular complexity index is 221. The number of hydrogen-bond acceptors (Lipinski definition) is 1. The third-order valence-electron chi connectivity index (χ3n) is 4.16. The maximum absolute atomic E-state index is 11.9. The van der Waals surface area contributed by atoms with Crippen LogP contribution in [-0.4, -0.2) is 5.78 Å². The first-order valence-corrected chi connectivity index (χ1v) is 6.80. The van der Waals surface area contributed by atoms with Gasteiger partial charge in [0.1, 0.15) is 5.78 Å². The van der Waals surface area contributed by atoms with Crippen molar-refractivity contribution in [3.05, 3.63) is 0 Å². The van der Waals surface area contributed by atoms with E-state index in [2.05, 4.69) is 6.92 Å². The lowest BCUT2D eigenvalue weighted by Crippen LogP contribution is -2.09. The number of carbonyl (C=O) groups excluding carboxylic acids is 1. The molecule has 0 unspecified atom stereocenters. The fourth-order valence-electron chi connectivity index (χ4n) is 2.99. The zero-order valence-electron chi connectivity index (χ0n) is 10.0. The summed E-state index contributed by atoms with van der Waals surface area (Å²) in [5.74, 6) is 2.47. The monoisotopic (exact) mass is 208 g/mol. The van der Waals surface area contributed by atoms with Gasteiger partial charge in [0.05, 0.1) is 0 Å². The van der Waals surface area contributed by atoms with Gasteiger partial charge in [0, 0.05) is 12.3 Å². The normalized spacial score (nSPS) is 38.7. The Morgan fingerprint density at radius 1 is 1.00 bits per heavy atom. The van der Waals surface area contributed by atoms with Crippen LogP contribution in [0, 0.1) is 17.8 Å². The van der Waals surface area contributed by atoms with Crippen molar-refractivity contribution in [3.8, 4) is 0 Å². The van der Waals surface area contributed by atoms with E-state index < -0.39 is 0 Å². The fraction of sp³-hybridized carbons (Fsp3) is 0.929. The quantitative estimate of drug-likeness (QED) is 0.589. The Morgan fingerprint density at radius 2 is 1.67 bits per heavy atom. The second-order valence-corrected chi connectivity index (χ2v) is 5.72. The molecule has 2 fully saturated rings. The van der Waals surface area contributed by atoms with Gasteiger partial charge in [-0.25, -0.2) is 0 Å². The number of carbonyl (C=O) groups is 1. The van der Waals surface area contributed by atoms with Gasteiger partial charge in [0.15, 0.2) is 0 Å². The summed E-state index contributed by atoms with van der Waals surface area (Å²) in [5.41, 5.74) is 0. The van der Waals surface area contributed by atoms with Crippen LogP contribution in [0.4, 0.5) is 0 Å². The standard InChI is InChI=1S/C14H24O/c1-11-7-5-3-2-4-6-8-12-10-13(12)14(15)9-11/h11-13H,2-10H2,1H3/t11-,12+,13+/m1/s1. The fourth-order valence-corrected chi connectivity index (χ4v) is 2.99. The topological polar surface area (TPSA) is 17.1 Å². The van der Waals surface area contributed by atoms with Gasteiger partial charge in [-0.15, -0.1) is 0 Å². The van der Waals surface area contributed by atoms with Crippen molar-refractivity contribution in [2.75, 3.05) is 0 Å². The van der Waals surface area contributed by atoms with Gasteiger partial charge in [-0.2, -0.15) is 0 Å². The van der Waals surface area contributed by atoms with Crippen molar-refractivity contribution in [1.82, 2.24) is 0 Å². The summed E-state index contributed by atoms with van der Waals surface area (Å²) in [7, 11) is 0. The summed E-state index contributed by atoms with van der Waals surface area (Å²) >= 11 is 0. The zero-order chi connectivity index (χ0) is 10.7. The summed E-state index contributed by atoms with van der Waals surface area (Å²) in [4.78, 5) is 11.9. The van der Waals surface area contributed by atoms with E-state index in [9.17, 15) is 4.79 Å². The van der Waals surface area contributed by atoms with Crippen LogP contribution >= 0.6 is 0 Å². The predicted molar refractivity (Wildman–Crippen MR) is 62.7 cm³/mol. The highest BCUT2D eigenvalue weighted by Gasteiger charge is 2.41. The Hall–Kier alpha value is -0.330. The van der Waals surface area contributed by atoms with Crippen molar-refractivity contribution < 1.29 is 4.79 Å². The van der Waals surface area contributed by atoms with Crippen molar-refractivity contribution in [2.24, 2.45) is 17.8 Å². The minimum absolute atomic E-state index is 0.479. The lowest BCUT2D eigenvalue weighted by molar-refractivity contribution is -0.121. The van der Waals surface area contributed by atoms with Gasteiger partial charge >= 0.3 is 0 Å². The van der Waals surface area contributed by atoms with E-state index in [1.807, 2.05) is 0 Å². The van der Waals surface area contributed by atoms with Crippen LogP contribution < -0.4 is 0 Å². The largest absolute Gasteiger partial charge is 0.299 e. The van der Waals surface area contributed by atoms with E-state index >= 15 is 0 Å². The van der Waals surface area contributed by atoms with E-state index in [1.54, 1.807) is 0 Å². The Balaban J connectivity index is 1.83. The molecular weight excluding hydrogens is 184 g/mol. The molecule has 0 N–H and O–H groups in total. The van der Waals surface area contributed by atoms with Crippen LogP contribution in [0.5, 0.6) is 0 Å². The number of Topliss-reactive ketones (excluding diaryl/α,β-unsaturated/α-hetero) is 1. The maximum atomic E-state index is 11.9. The molecule has 2 aliphatic rings. The molecule has 86 valence electrons. The second kappa shape index (κ2) is 5.14. The van der Waals surface area contributed by atoms with Crippen LogP contribution in [0.2, 0.25) is 0 Å². The van der Waals surface area contributed by atoms with E-state index in [1.165, 1.54) is 51.4 Å². The highest BCUT2D eigenvalue weighted by Crippen LogP contribution is 2.44. The molecule has 0 spiro atoms. The summed E-state index contributed by atoms with van der Waals surface area (Å²) in [5, 5.41) is 0. The van der Waals surface area contributed by atoms with Gasteiger partial charge in [-0.3, -0.25) is 4.79 Å². The SMILES string of the molecule is C[C@@H]1CCCCCCC[C@H]2C[C@@H]2C(=O)C1. The van der Waals surface area contributed by atoms with E-state index in [4.69, 9.17) is 0 Å². The highest BCUT2D eigenvalue weighted by atomic mass is 16.1. The van der Waals surface area contributed by atoms with Crippen LogP contribution in [0.25, 0.3) is 0 Å². The first kappa shape index (κ1) is 11.2. The summed E-state index contributed by atoms with van der Waals surface area (Å²) in [6.07, 6.45) is 11.6. The van der Waals surface area contributed by atoms with Gasteiger partial charge in [-0.1, -0.05) is 45.4 Å². The highest BCUT2D eigenvalue weighted by molar-refractivity contribution is 5.83. The summed E-state index contributed by atoms with van der Waals surface area (Å²) < 4.78 is 0. The molecule has 0 radical (unpaired) electrons. The number of hydrogen-bond donors (Lipinski definition) is 0. The zero-order valence-corrected chi connectivity index (χ0v) is 10.0. The van der Waals surface area contributed by atoms with Crippen molar-refractivity contribution in [1.29, 1.82) is 0 Å². The van der Waals surface area contributed by atoms with E-state index in [0.29, 0.717) is 17.6 Å². The Kier molecular flexibility index (Phi) is 3.82. The molecule has 3 atom stereocenters. The number of fused-ring (bicyclic) bond motifs is 1. The smallest absolute Gasteiger partial charge is 0.136 e. The van der Waals surface area contributed by atoms with E-state index in [-0.39, 0.29) is 0 Å². The second-order valence-electron chi connectivity index (χ2n) is 5.72. The Morgan fingerprint density at radius 3 is 2.47 bits per heavy atom.